The molecule has 0 radical (unpaired) electrons. The van der Waals surface area contributed by atoms with Crippen molar-refractivity contribution in [2.75, 3.05) is 0 Å². The van der Waals surface area contributed by atoms with E-state index in [-0.39, 0.29) is 4.86 Å². The first-order valence-electron chi connectivity index (χ1n) is 3.91. The standard InChI is InChI=1S/C10H10O2S/c1-7-2-4-8(5-3-7)6-9(13)10(11)12/h2-5H,6H2,1H3,(H,11,12). The zero-order chi connectivity index (χ0) is 9.84. The van der Waals surface area contributed by atoms with Crippen LogP contribution in [0.25, 0.3) is 0 Å². The van der Waals surface area contributed by atoms with Gasteiger partial charge in [-0.25, -0.2) is 4.79 Å². The zero-order valence-electron chi connectivity index (χ0n) is 7.28. The molecule has 0 aromatic heterocycles. The highest BCUT2D eigenvalue weighted by Crippen LogP contribution is 2.04. The first kappa shape index (κ1) is 9.86. The summed E-state index contributed by atoms with van der Waals surface area (Å²) in [6.45, 7) is 1.99. The number of thiocarbonyl (C=S) groups is 1. The second kappa shape index (κ2) is 4.14. The Balaban J connectivity index is 2.70. The molecule has 68 valence electrons. The monoisotopic (exact) mass is 194 g/mol. The maximum atomic E-state index is 10.4. The first-order chi connectivity index (χ1) is 6.09. The molecule has 0 atom stereocenters. The zero-order valence-corrected chi connectivity index (χ0v) is 8.10. The summed E-state index contributed by atoms with van der Waals surface area (Å²) >= 11 is 4.69. The van der Waals surface area contributed by atoms with Crippen LogP contribution in [-0.2, 0) is 11.2 Å². The van der Waals surface area contributed by atoms with Gasteiger partial charge in [0, 0.05) is 6.42 Å². The lowest BCUT2D eigenvalue weighted by atomic mass is 10.1. The molecule has 0 heterocycles. The Morgan fingerprint density at radius 1 is 1.38 bits per heavy atom. The Bertz CT molecular complexity index is 327. The Hall–Kier alpha value is -1.22. The Labute approximate surface area is 82.2 Å². The lowest BCUT2D eigenvalue weighted by Crippen LogP contribution is -2.12. The highest BCUT2D eigenvalue weighted by atomic mass is 32.1. The van der Waals surface area contributed by atoms with Crippen molar-refractivity contribution in [3.05, 3.63) is 35.4 Å². The van der Waals surface area contributed by atoms with E-state index in [0.29, 0.717) is 6.42 Å². The van der Waals surface area contributed by atoms with E-state index in [0.717, 1.165) is 11.1 Å². The number of aryl methyl sites for hydroxylation is 1. The smallest absolute Gasteiger partial charge is 0.342 e. The molecule has 0 aliphatic carbocycles. The van der Waals surface area contributed by atoms with Crippen molar-refractivity contribution in [2.45, 2.75) is 13.3 Å². The first-order valence-corrected chi connectivity index (χ1v) is 4.32. The summed E-state index contributed by atoms with van der Waals surface area (Å²) in [5, 5.41) is 8.56. The summed E-state index contributed by atoms with van der Waals surface area (Å²) in [5.41, 5.74) is 2.10. The van der Waals surface area contributed by atoms with Gasteiger partial charge in [-0.15, -0.1) is 0 Å². The van der Waals surface area contributed by atoms with Crippen molar-refractivity contribution in [2.24, 2.45) is 0 Å². The molecule has 1 rings (SSSR count). The summed E-state index contributed by atoms with van der Waals surface area (Å²) < 4.78 is 0. The number of rotatable bonds is 3. The van der Waals surface area contributed by atoms with Crippen LogP contribution in [0.4, 0.5) is 0 Å². The van der Waals surface area contributed by atoms with E-state index in [1.165, 1.54) is 0 Å². The van der Waals surface area contributed by atoms with Crippen molar-refractivity contribution in [1.82, 2.24) is 0 Å². The highest BCUT2D eigenvalue weighted by molar-refractivity contribution is 7.82. The summed E-state index contributed by atoms with van der Waals surface area (Å²) in [4.78, 5) is 10.5. The van der Waals surface area contributed by atoms with Crippen LogP contribution in [0.3, 0.4) is 0 Å². The molecule has 0 aliphatic heterocycles. The molecule has 0 amide bonds. The number of carboxylic acids is 1. The SMILES string of the molecule is Cc1ccc(CC(=S)C(=O)O)cc1. The van der Waals surface area contributed by atoms with Crippen molar-refractivity contribution in [3.8, 4) is 0 Å². The van der Waals surface area contributed by atoms with Gasteiger partial charge >= 0.3 is 5.97 Å². The van der Waals surface area contributed by atoms with Gasteiger partial charge < -0.3 is 5.11 Å². The Kier molecular flexibility index (Phi) is 3.14. The molecule has 1 N–H and O–H groups in total. The third kappa shape index (κ3) is 2.95. The third-order valence-corrected chi connectivity index (χ3v) is 2.04. The minimum atomic E-state index is -1.00. The summed E-state index contributed by atoms with van der Waals surface area (Å²) in [6.07, 6.45) is 0.338. The predicted octanol–water partition coefficient (Wildman–Crippen LogP) is 1.99. The van der Waals surface area contributed by atoms with Gasteiger partial charge in [0.15, 0.2) is 0 Å². The largest absolute Gasteiger partial charge is 0.477 e. The molecular weight excluding hydrogens is 184 g/mol. The second-order valence-electron chi connectivity index (χ2n) is 2.89. The van der Waals surface area contributed by atoms with Gasteiger partial charge in [0.1, 0.15) is 4.86 Å². The molecule has 0 bridgehead atoms. The molecular formula is C10H10O2S. The van der Waals surface area contributed by atoms with E-state index < -0.39 is 5.97 Å². The molecule has 0 aliphatic rings. The summed E-state index contributed by atoms with van der Waals surface area (Å²) in [5.74, 6) is -1.00. The molecule has 1 aromatic rings. The molecule has 13 heavy (non-hydrogen) atoms. The molecule has 0 unspecified atom stereocenters. The lowest BCUT2D eigenvalue weighted by Gasteiger charge is -1.99. The molecule has 0 saturated heterocycles. The fourth-order valence-electron chi connectivity index (χ4n) is 0.967. The van der Waals surface area contributed by atoms with Gasteiger partial charge in [0.05, 0.1) is 0 Å². The number of hydrogen-bond acceptors (Lipinski definition) is 2. The van der Waals surface area contributed by atoms with E-state index in [9.17, 15) is 4.79 Å². The van der Waals surface area contributed by atoms with Crippen molar-refractivity contribution in [3.63, 3.8) is 0 Å². The van der Waals surface area contributed by atoms with Gasteiger partial charge in [-0.05, 0) is 12.5 Å². The van der Waals surface area contributed by atoms with Crippen LogP contribution >= 0.6 is 12.2 Å². The predicted molar refractivity (Wildman–Crippen MR) is 55.1 cm³/mol. The maximum absolute atomic E-state index is 10.4. The fraction of sp³-hybridized carbons (Fsp3) is 0.200. The number of carbonyl (C=O) groups is 1. The summed E-state index contributed by atoms with van der Waals surface area (Å²) in [6, 6.07) is 7.68. The maximum Gasteiger partial charge on any atom is 0.342 e. The Morgan fingerprint density at radius 2 is 1.92 bits per heavy atom. The Morgan fingerprint density at radius 3 is 2.38 bits per heavy atom. The fourth-order valence-corrected chi connectivity index (χ4v) is 1.13. The topological polar surface area (TPSA) is 37.3 Å². The van der Waals surface area contributed by atoms with E-state index in [2.05, 4.69) is 0 Å². The minimum absolute atomic E-state index is 0.0591. The number of hydrogen-bond donors (Lipinski definition) is 1. The molecule has 0 saturated carbocycles. The van der Waals surface area contributed by atoms with Gasteiger partial charge in [-0.1, -0.05) is 42.0 Å². The third-order valence-electron chi connectivity index (χ3n) is 1.72. The van der Waals surface area contributed by atoms with E-state index >= 15 is 0 Å². The highest BCUT2D eigenvalue weighted by Gasteiger charge is 2.06. The summed E-state index contributed by atoms with van der Waals surface area (Å²) in [7, 11) is 0. The average Bonchev–Trinajstić information content (AvgIpc) is 2.08. The van der Waals surface area contributed by atoms with Gasteiger partial charge in [0.2, 0.25) is 0 Å². The van der Waals surface area contributed by atoms with Gasteiger partial charge in [0.25, 0.3) is 0 Å². The van der Waals surface area contributed by atoms with Gasteiger partial charge in [-0.2, -0.15) is 0 Å². The number of carboxylic acid groups (broad SMARTS) is 1. The number of benzene rings is 1. The van der Waals surface area contributed by atoms with Crippen LogP contribution in [0.15, 0.2) is 24.3 Å². The van der Waals surface area contributed by atoms with Crippen molar-refractivity contribution in [1.29, 1.82) is 0 Å². The minimum Gasteiger partial charge on any atom is -0.477 e. The van der Waals surface area contributed by atoms with Crippen LogP contribution in [0.1, 0.15) is 11.1 Å². The normalized spacial score (nSPS) is 9.62. The van der Waals surface area contributed by atoms with E-state index in [1.54, 1.807) is 0 Å². The molecule has 2 nitrogen and oxygen atoms in total. The lowest BCUT2D eigenvalue weighted by molar-refractivity contribution is -0.129. The van der Waals surface area contributed by atoms with Gasteiger partial charge in [-0.3, -0.25) is 0 Å². The van der Waals surface area contributed by atoms with Crippen LogP contribution in [-0.4, -0.2) is 15.9 Å². The van der Waals surface area contributed by atoms with Crippen LogP contribution in [0.2, 0.25) is 0 Å². The quantitative estimate of drug-likeness (QED) is 0.748. The van der Waals surface area contributed by atoms with Crippen LogP contribution < -0.4 is 0 Å². The van der Waals surface area contributed by atoms with E-state index in [1.807, 2.05) is 31.2 Å². The van der Waals surface area contributed by atoms with Crippen LogP contribution in [0, 0.1) is 6.92 Å². The van der Waals surface area contributed by atoms with Crippen LogP contribution in [0.5, 0.6) is 0 Å². The van der Waals surface area contributed by atoms with Crippen molar-refractivity contribution >= 4 is 23.1 Å². The van der Waals surface area contributed by atoms with Crippen molar-refractivity contribution < 1.29 is 9.90 Å². The van der Waals surface area contributed by atoms with E-state index in [4.69, 9.17) is 17.3 Å². The molecule has 3 heteroatoms. The molecule has 0 spiro atoms. The average molecular weight is 194 g/mol. The molecule has 0 fully saturated rings. The number of aliphatic carboxylic acids is 1. The molecule has 1 aromatic carbocycles. The second-order valence-corrected chi connectivity index (χ2v) is 3.38.